The Kier molecular flexibility index (Phi) is 4.29. The van der Waals surface area contributed by atoms with Crippen LogP contribution < -0.4 is 0 Å². The Bertz CT molecular complexity index is 788. The van der Waals surface area contributed by atoms with Crippen molar-refractivity contribution in [2.24, 2.45) is 4.99 Å². The van der Waals surface area contributed by atoms with E-state index in [1.165, 1.54) is 11.1 Å². The average Bonchev–Trinajstić information content (AvgIpc) is 2.75. The molecule has 2 aromatic rings. The first-order valence-corrected chi connectivity index (χ1v) is 10.3. The van der Waals surface area contributed by atoms with Gasteiger partial charge >= 0.3 is 0 Å². The Labute approximate surface area is 135 Å². The van der Waals surface area contributed by atoms with Crippen LogP contribution in [0.15, 0.2) is 76.8 Å². The van der Waals surface area contributed by atoms with Crippen LogP contribution in [0.5, 0.6) is 0 Å². The third-order valence-electron chi connectivity index (χ3n) is 3.31. The SMILES string of the molecule is S=S1(=S)C=C(Cc2ccccc2)N=C1Cc1ccccc1. The van der Waals surface area contributed by atoms with Crippen molar-refractivity contribution in [1.82, 2.24) is 0 Å². The zero-order chi connectivity index (χ0) is 14.7. The Morgan fingerprint density at radius 3 is 1.86 bits per heavy atom. The van der Waals surface area contributed by atoms with Crippen molar-refractivity contribution < 1.29 is 0 Å². The summed E-state index contributed by atoms with van der Waals surface area (Å²) in [7, 11) is -1.70. The van der Waals surface area contributed by atoms with Gasteiger partial charge in [0.15, 0.2) is 0 Å². The summed E-state index contributed by atoms with van der Waals surface area (Å²) in [5, 5.41) is 3.01. The van der Waals surface area contributed by atoms with E-state index in [0.717, 1.165) is 23.6 Å². The second-order valence-corrected chi connectivity index (χ2v) is 10.6. The highest BCUT2D eigenvalue weighted by Crippen LogP contribution is 2.22. The average molecular weight is 330 g/mol. The second kappa shape index (κ2) is 6.18. The summed E-state index contributed by atoms with van der Waals surface area (Å²) in [6.45, 7) is 0. The van der Waals surface area contributed by atoms with E-state index >= 15 is 0 Å². The largest absolute Gasteiger partial charge is 0.249 e. The van der Waals surface area contributed by atoms with Crippen LogP contribution in [0.1, 0.15) is 11.1 Å². The van der Waals surface area contributed by atoms with Crippen molar-refractivity contribution in [3.63, 3.8) is 0 Å². The van der Waals surface area contributed by atoms with Crippen LogP contribution in [-0.4, -0.2) is 5.04 Å². The van der Waals surface area contributed by atoms with Gasteiger partial charge in [0.2, 0.25) is 0 Å². The van der Waals surface area contributed by atoms with E-state index in [1.807, 2.05) is 41.8 Å². The van der Waals surface area contributed by atoms with E-state index in [1.54, 1.807) is 0 Å². The predicted molar refractivity (Wildman–Crippen MR) is 97.9 cm³/mol. The van der Waals surface area contributed by atoms with Crippen LogP contribution >= 0.6 is 0 Å². The van der Waals surface area contributed by atoms with E-state index in [2.05, 4.69) is 24.3 Å². The lowest BCUT2D eigenvalue weighted by atomic mass is 10.1. The van der Waals surface area contributed by atoms with Gasteiger partial charge < -0.3 is 0 Å². The highest BCUT2D eigenvalue weighted by atomic mass is 33.1. The molecule has 0 radical (unpaired) electrons. The minimum atomic E-state index is -1.70. The summed E-state index contributed by atoms with van der Waals surface area (Å²) in [5.41, 5.74) is 3.48. The van der Waals surface area contributed by atoms with Crippen LogP contribution in [-0.2, 0) is 42.4 Å². The molecular weight excluding hydrogens is 314 g/mol. The van der Waals surface area contributed by atoms with Crippen LogP contribution in [0.3, 0.4) is 0 Å². The maximum atomic E-state index is 5.61. The fourth-order valence-corrected chi connectivity index (χ4v) is 4.78. The molecule has 2 aromatic carbocycles. The molecule has 0 aromatic heterocycles. The first-order valence-electron chi connectivity index (χ1n) is 6.74. The van der Waals surface area contributed by atoms with Crippen LogP contribution in [0, 0.1) is 0 Å². The van der Waals surface area contributed by atoms with Crippen LogP contribution in [0.4, 0.5) is 0 Å². The summed E-state index contributed by atoms with van der Waals surface area (Å²) in [5.74, 6) is 0. The Hall–Kier alpha value is -1.36. The first kappa shape index (κ1) is 14.6. The first-order chi connectivity index (χ1) is 10.1. The van der Waals surface area contributed by atoms with Gasteiger partial charge in [0.1, 0.15) is 0 Å². The molecule has 0 N–H and O–H groups in total. The van der Waals surface area contributed by atoms with E-state index in [9.17, 15) is 0 Å². The molecule has 3 rings (SSSR count). The summed E-state index contributed by atoms with van der Waals surface area (Å²) in [6, 6.07) is 20.6. The highest BCUT2D eigenvalue weighted by Gasteiger charge is 2.18. The molecule has 21 heavy (non-hydrogen) atoms. The van der Waals surface area contributed by atoms with Crippen molar-refractivity contribution in [1.29, 1.82) is 0 Å². The van der Waals surface area contributed by atoms with Gasteiger partial charge in [0, 0.05) is 18.2 Å². The van der Waals surface area contributed by atoms with Crippen molar-refractivity contribution in [2.45, 2.75) is 12.8 Å². The number of hydrogen-bond donors (Lipinski definition) is 0. The van der Waals surface area contributed by atoms with Gasteiger partial charge in [-0.3, -0.25) is 0 Å². The standard InChI is InChI=1S/C17H15NS3/c19-21(20)13-16(11-14-7-3-1-4-8-14)18-17(21)12-15-9-5-2-6-10-15/h1-10,13H,11-12H2. The summed E-state index contributed by atoms with van der Waals surface area (Å²) in [4.78, 5) is 4.74. The van der Waals surface area contributed by atoms with Gasteiger partial charge in [-0.2, -0.15) is 0 Å². The molecule has 1 heterocycles. The van der Waals surface area contributed by atoms with Crippen LogP contribution in [0.2, 0.25) is 0 Å². The van der Waals surface area contributed by atoms with Gasteiger partial charge in [-0.25, -0.2) is 4.99 Å². The van der Waals surface area contributed by atoms with E-state index in [-0.39, 0.29) is 0 Å². The summed E-state index contributed by atoms with van der Waals surface area (Å²) >= 11 is 11.2. The number of aliphatic imine (C=N–C) groups is 1. The molecule has 106 valence electrons. The normalized spacial score (nSPS) is 16.4. The maximum Gasteiger partial charge on any atom is 0.0898 e. The lowest BCUT2D eigenvalue weighted by Gasteiger charge is -2.04. The number of benzene rings is 2. The second-order valence-electron chi connectivity index (χ2n) is 4.98. The quantitative estimate of drug-likeness (QED) is 0.846. The molecule has 0 atom stereocenters. The minimum absolute atomic E-state index is 0.762. The topological polar surface area (TPSA) is 12.4 Å². The Morgan fingerprint density at radius 2 is 1.29 bits per heavy atom. The molecule has 0 saturated carbocycles. The fraction of sp³-hybridized carbons (Fsp3) is 0.118. The van der Waals surface area contributed by atoms with Gasteiger partial charge in [0.05, 0.1) is 10.7 Å². The van der Waals surface area contributed by atoms with Gasteiger partial charge in [-0.05, 0) is 40.6 Å². The Morgan fingerprint density at radius 1 is 0.762 bits per heavy atom. The zero-order valence-electron chi connectivity index (χ0n) is 11.4. The minimum Gasteiger partial charge on any atom is -0.249 e. The third kappa shape index (κ3) is 3.64. The van der Waals surface area contributed by atoms with Crippen molar-refractivity contribution in [2.75, 3.05) is 0 Å². The zero-order valence-corrected chi connectivity index (χ0v) is 13.9. The smallest absolute Gasteiger partial charge is 0.0898 e. The lowest BCUT2D eigenvalue weighted by molar-refractivity contribution is 1.12. The van der Waals surface area contributed by atoms with Gasteiger partial charge in [-0.1, -0.05) is 60.7 Å². The fourth-order valence-electron chi connectivity index (χ4n) is 2.29. The maximum absolute atomic E-state index is 5.61. The molecule has 1 aliphatic rings. The monoisotopic (exact) mass is 329 g/mol. The molecule has 0 fully saturated rings. The molecule has 0 bridgehead atoms. The molecule has 0 spiro atoms. The number of rotatable bonds is 4. The van der Waals surface area contributed by atoms with E-state index in [4.69, 9.17) is 27.4 Å². The van der Waals surface area contributed by atoms with Crippen LogP contribution in [0.25, 0.3) is 0 Å². The molecular formula is C17H15NS3. The van der Waals surface area contributed by atoms with E-state index in [0.29, 0.717) is 0 Å². The Balaban J connectivity index is 1.82. The van der Waals surface area contributed by atoms with Gasteiger partial charge in [0.25, 0.3) is 0 Å². The van der Waals surface area contributed by atoms with Crippen molar-refractivity contribution in [3.8, 4) is 0 Å². The van der Waals surface area contributed by atoms with Crippen molar-refractivity contribution in [3.05, 3.63) is 82.9 Å². The molecule has 4 heteroatoms. The molecule has 0 unspecified atom stereocenters. The number of nitrogens with zero attached hydrogens (tertiary/aromatic N) is 1. The lowest BCUT2D eigenvalue weighted by Crippen LogP contribution is -2.09. The number of allylic oxidation sites excluding steroid dienone is 1. The summed E-state index contributed by atoms with van der Waals surface area (Å²) in [6.07, 6.45) is 1.57. The summed E-state index contributed by atoms with van der Waals surface area (Å²) < 4.78 is 0. The molecule has 0 saturated heterocycles. The highest BCUT2D eigenvalue weighted by molar-refractivity contribution is 8.64. The van der Waals surface area contributed by atoms with Crippen molar-refractivity contribution >= 4 is 34.6 Å². The molecule has 1 aliphatic heterocycles. The third-order valence-corrected chi connectivity index (χ3v) is 6.52. The molecule has 1 nitrogen and oxygen atoms in total. The molecule has 0 amide bonds. The van der Waals surface area contributed by atoms with E-state index < -0.39 is 7.15 Å². The number of hydrogen-bond acceptors (Lipinski definition) is 3. The van der Waals surface area contributed by atoms with Gasteiger partial charge in [-0.15, -0.1) is 0 Å². The molecule has 0 aliphatic carbocycles. The predicted octanol–water partition coefficient (Wildman–Crippen LogP) is 3.80.